The molecule has 1 saturated heterocycles. The van der Waals surface area contributed by atoms with E-state index >= 15 is 0 Å². The van der Waals surface area contributed by atoms with Crippen molar-refractivity contribution in [3.8, 4) is 0 Å². The second-order valence-corrected chi connectivity index (χ2v) is 6.95. The molecule has 1 atom stereocenters. The summed E-state index contributed by atoms with van der Waals surface area (Å²) in [4.78, 5) is 14.6. The molecule has 3 rings (SSSR count). The lowest BCUT2D eigenvalue weighted by atomic mass is 9.99. The number of para-hydroxylation sites is 1. The van der Waals surface area contributed by atoms with E-state index in [1.807, 2.05) is 35.9 Å². The molecule has 130 valence electrons. The van der Waals surface area contributed by atoms with Crippen LogP contribution in [-0.4, -0.2) is 52.0 Å². The predicted octanol–water partition coefficient (Wildman–Crippen LogP) is 2.23. The number of likely N-dealkylation sites (tertiary alicyclic amines) is 1. The number of piperidine rings is 1. The highest BCUT2D eigenvalue weighted by molar-refractivity contribution is 5.77. The van der Waals surface area contributed by atoms with Gasteiger partial charge in [0.1, 0.15) is 5.52 Å². The quantitative estimate of drug-likeness (QED) is 0.883. The van der Waals surface area contributed by atoms with Crippen LogP contribution in [-0.2, 0) is 4.79 Å². The number of amides is 1. The Morgan fingerprint density at radius 3 is 2.88 bits per heavy atom. The standard InChI is InChI=1S/C18H27N5O/c1-14-7-10-22(11-8-14)12-9-19-18(24)13-15(2)23-17-6-4-3-5-16(17)20-21-23/h3-6,14-15H,7-13H2,1-2H3,(H,19,24)/t15-/m1/s1. The first-order chi connectivity index (χ1) is 11.6. The molecule has 0 spiro atoms. The van der Waals surface area contributed by atoms with Gasteiger partial charge in [-0.3, -0.25) is 4.79 Å². The fourth-order valence-electron chi connectivity index (χ4n) is 3.28. The summed E-state index contributed by atoms with van der Waals surface area (Å²) in [5, 5.41) is 11.4. The number of fused-ring (bicyclic) bond motifs is 1. The average Bonchev–Trinajstić information content (AvgIpc) is 3.01. The summed E-state index contributed by atoms with van der Waals surface area (Å²) in [5.74, 6) is 0.918. The molecule has 0 aliphatic carbocycles. The Morgan fingerprint density at radius 2 is 2.08 bits per heavy atom. The first-order valence-corrected chi connectivity index (χ1v) is 8.92. The highest BCUT2D eigenvalue weighted by Gasteiger charge is 2.17. The van der Waals surface area contributed by atoms with Crippen LogP contribution in [0.2, 0.25) is 0 Å². The SMILES string of the molecule is CC1CCN(CCNC(=O)C[C@@H](C)n2nnc3ccccc32)CC1. The van der Waals surface area contributed by atoms with Gasteiger partial charge in [-0.05, 0) is 50.9 Å². The van der Waals surface area contributed by atoms with Crippen molar-refractivity contribution in [3.05, 3.63) is 24.3 Å². The van der Waals surface area contributed by atoms with Gasteiger partial charge in [-0.15, -0.1) is 5.10 Å². The van der Waals surface area contributed by atoms with Gasteiger partial charge in [-0.2, -0.15) is 0 Å². The molecule has 0 saturated carbocycles. The number of hydrogen-bond acceptors (Lipinski definition) is 4. The van der Waals surface area contributed by atoms with E-state index in [1.54, 1.807) is 0 Å². The number of aromatic nitrogens is 3. The van der Waals surface area contributed by atoms with Crippen molar-refractivity contribution in [1.29, 1.82) is 0 Å². The van der Waals surface area contributed by atoms with Crippen LogP contribution in [0.1, 0.15) is 39.2 Å². The number of carbonyl (C=O) groups is 1. The molecule has 2 heterocycles. The van der Waals surface area contributed by atoms with E-state index in [1.165, 1.54) is 12.8 Å². The molecule has 1 aromatic heterocycles. The third-order valence-electron chi connectivity index (χ3n) is 4.90. The summed E-state index contributed by atoms with van der Waals surface area (Å²) >= 11 is 0. The van der Waals surface area contributed by atoms with Crippen molar-refractivity contribution in [2.75, 3.05) is 26.2 Å². The van der Waals surface area contributed by atoms with Crippen LogP contribution in [0.3, 0.4) is 0 Å². The van der Waals surface area contributed by atoms with Crippen LogP contribution >= 0.6 is 0 Å². The zero-order chi connectivity index (χ0) is 16.9. The number of nitrogens with zero attached hydrogens (tertiary/aromatic N) is 4. The molecule has 0 unspecified atom stereocenters. The van der Waals surface area contributed by atoms with Gasteiger partial charge in [-0.25, -0.2) is 4.68 Å². The normalized spacial score (nSPS) is 17.9. The van der Waals surface area contributed by atoms with Crippen LogP contribution in [0.15, 0.2) is 24.3 Å². The van der Waals surface area contributed by atoms with Gasteiger partial charge in [0.2, 0.25) is 5.91 Å². The Hall–Kier alpha value is -1.95. The smallest absolute Gasteiger partial charge is 0.222 e. The Morgan fingerprint density at radius 1 is 1.33 bits per heavy atom. The first kappa shape index (κ1) is 16.9. The second kappa shape index (κ2) is 7.75. The minimum atomic E-state index is -0.00626. The van der Waals surface area contributed by atoms with Gasteiger partial charge in [0.25, 0.3) is 0 Å². The van der Waals surface area contributed by atoms with E-state index in [0.29, 0.717) is 6.42 Å². The maximum absolute atomic E-state index is 12.2. The Kier molecular flexibility index (Phi) is 5.45. The highest BCUT2D eigenvalue weighted by Crippen LogP contribution is 2.17. The van der Waals surface area contributed by atoms with Crippen molar-refractivity contribution in [2.45, 2.75) is 39.2 Å². The topological polar surface area (TPSA) is 63.1 Å². The lowest BCUT2D eigenvalue weighted by Gasteiger charge is -2.30. The maximum atomic E-state index is 12.2. The maximum Gasteiger partial charge on any atom is 0.222 e. The van der Waals surface area contributed by atoms with Gasteiger partial charge in [0, 0.05) is 19.5 Å². The third kappa shape index (κ3) is 4.12. The number of hydrogen-bond donors (Lipinski definition) is 1. The molecule has 1 aliphatic heterocycles. The number of rotatable bonds is 6. The van der Waals surface area contributed by atoms with E-state index in [9.17, 15) is 4.79 Å². The van der Waals surface area contributed by atoms with Crippen molar-refractivity contribution >= 4 is 16.9 Å². The molecule has 1 aromatic carbocycles. The molecule has 1 amide bonds. The van der Waals surface area contributed by atoms with Gasteiger partial charge >= 0.3 is 0 Å². The Bertz CT molecular complexity index is 675. The monoisotopic (exact) mass is 329 g/mol. The predicted molar refractivity (Wildman–Crippen MR) is 94.7 cm³/mol. The van der Waals surface area contributed by atoms with E-state index in [4.69, 9.17) is 0 Å². The van der Waals surface area contributed by atoms with Gasteiger partial charge in [0.15, 0.2) is 0 Å². The van der Waals surface area contributed by atoms with Crippen molar-refractivity contribution in [1.82, 2.24) is 25.2 Å². The summed E-state index contributed by atoms with van der Waals surface area (Å²) in [7, 11) is 0. The summed E-state index contributed by atoms with van der Waals surface area (Å²) in [6.07, 6.45) is 2.96. The second-order valence-electron chi connectivity index (χ2n) is 6.95. The van der Waals surface area contributed by atoms with E-state index in [-0.39, 0.29) is 11.9 Å². The molecule has 1 aliphatic rings. The molecule has 1 fully saturated rings. The largest absolute Gasteiger partial charge is 0.355 e. The van der Waals surface area contributed by atoms with E-state index < -0.39 is 0 Å². The Balaban J connectivity index is 1.44. The average molecular weight is 329 g/mol. The van der Waals surface area contributed by atoms with Gasteiger partial charge in [-0.1, -0.05) is 24.3 Å². The van der Waals surface area contributed by atoms with Crippen molar-refractivity contribution < 1.29 is 4.79 Å². The van der Waals surface area contributed by atoms with Crippen molar-refractivity contribution in [3.63, 3.8) is 0 Å². The fourth-order valence-corrected chi connectivity index (χ4v) is 3.28. The molecule has 0 radical (unpaired) electrons. The van der Waals surface area contributed by atoms with E-state index in [2.05, 4.69) is 27.5 Å². The van der Waals surface area contributed by atoms with Gasteiger partial charge in [0.05, 0.1) is 11.6 Å². The summed E-state index contributed by atoms with van der Waals surface area (Å²) in [6, 6.07) is 7.83. The molecule has 6 nitrogen and oxygen atoms in total. The number of nitrogens with one attached hydrogen (secondary N) is 1. The lowest BCUT2D eigenvalue weighted by Crippen LogP contribution is -2.39. The zero-order valence-electron chi connectivity index (χ0n) is 14.6. The number of benzene rings is 1. The van der Waals surface area contributed by atoms with Crippen molar-refractivity contribution in [2.24, 2.45) is 5.92 Å². The fraction of sp³-hybridized carbons (Fsp3) is 0.611. The molecule has 0 bridgehead atoms. The summed E-state index contributed by atoms with van der Waals surface area (Å²) < 4.78 is 1.83. The molecule has 6 heteroatoms. The minimum Gasteiger partial charge on any atom is -0.355 e. The molecular weight excluding hydrogens is 302 g/mol. The summed E-state index contributed by atoms with van der Waals surface area (Å²) in [5.41, 5.74) is 1.84. The summed E-state index contributed by atoms with van der Waals surface area (Å²) in [6.45, 7) is 8.29. The molecule has 2 aromatic rings. The first-order valence-electron chi connectivity index (χ1n) is 8.92. The van der Waals surface area contributed by atoms with Crippen LogP contribution in [0.5, 0.6) is 0 Å². The zero-order valence-corrected chi connectivity index (χ0v) is 14.6. The van der Waals surface area contributed by atoms with Crippen LogP contribution in [0.4, 0.5) is 0 Å². The molecular formula is C18H27N5O. The van der Waals surface area contributed by atoms with Gasteiger partial charge < -0.3 is 10.2 Å². The molecule has 24 heavy (non-hydrogen) atoms. The van der Waals surface area contributed by atoms with Crippen LogP contribution in [0.25, 0.3) is 11.0 Å². The van der Waals surface area contributed by atoms with E-state index in [0.717, 1.165) is 43.1 Å². The highest BCUT2D eigenvalue weighted by atomic mass is 16.1. The number of carbonyl (C=O) groups excluding carboxylic acids is 1. The third-order valence-corrected chi connectivity index (χ3v) is 4.90. The van der Waals surface area contributed by atoms with Crippen LogP contribution in [0, 0.1) is 5.92 Å². The Labute approximate surface area is 143 Å². The molecule has 1 N–H and O–H groups in total. The van der Waals surface area contributed by atoms with Crippen LogP contribution < -0.4 is 5.32 Å². The lowest BCUT2D eigenvalue weighted by molar-refractivity contribution is -0.121. The minimum absolute atomic E-state index is 0.00626.